The van der Waals surface area contributed by atoms with Gasteiger partial charge >= 0.3 is 5.97 Å². The molecule has 0 saturated heterocycles. The monoisotopic (exact) mass is 260 g/mol. The van der Waals surface area contributed by atoms with Crippen molar-refractivity contribution < 1.29 is 9.90 Å². The minimum absolute atomic E-state index is 0.0329. The molecule has 0 aliphatic rings. The highest BCUT2D eigenvalue weighted by Gasteiger charge is 2.14. The first-order valence-corrected chi connectivity index (χ1v) is 6.01. The van der Waals surface area contributed by atoms with Crippen LogP contribution in [0.2, 0.25) is 0 Å². The number of hydrogen-bond donors (Lipinski definition) is 1. The van der Waals surface area contributed by atoms with Crippen LogP contribution in [0.4, 0.5) is 0 Å². The molecule has 0 aliphatic carbocycles. The Morgan fingerprint density at radius 2 is 2.00 bits per heavy atom. The molecule has 2 rings (SSSR count). The highest BCUT2D eigenvalue weighted by molar-refractivity contribution is 5.92. The molecule has 5 heteroatoms. The molecule has 1 N–H and O–H groups in total. The average molecular weight is 260 g/mol. The lowest BCUT2D eigenvalue weighted by Gasteiger charge is -2.14. The van der Waals surface area contributed by atoms with Gasteiger partial charge in [0.2, 0.25) is 0 Å². The second-order valence-electron chi connectivity index (χ2n) is 4.68. The van der Waals surface area contributed by atoms with Crippen molar-refractivity contribution in [3.05, 3.63) is 46.4 Å². The number of aromatic carboxylic acids is 1. The number of pyridine rings is 1. The summed E-state index contributed by atoms with van der Waals surface area (Å²) in [5.41, 5.74) is -0.220. The molecular weight excluding hydrogens is 244 g/mol. The van der Waals surface area contributed by atoms with E-state index in [0.29, 0.717) is 23.9 Å². The first-order valence-electron chi connectivity index (χ1n) is 6.01. The van der Waals surface area contributed by atoms with E-state index in [1.165, 1.54) is 4.57 Å². The molecule has 0 unspecified atom stereocenters. The largest absolute Gasteiger partial charge is 0.477 e. The van der Waals surface area contributed by atoms with Gasteiger partial charge in [-0.15, -0.1) is 0 Å². The molecule has 0 saturated carbocycles. The highest BCUT2D eigenvalue weighted by Crippen LogP contribution is 2.12. The van der Waals surface area contributed by atoms with E-state index in [1.807, 2.05) is 19.0 Å². The van der Waals surface area contributed by atoms with Crippen LogP contribution in [0, 0.1) is 0 Å². The summed E-state index contributed by atoms with van der Waals surface area (Å²) < 4.78 is 1.32. The normalized spacial score (nSPS) is 11.1. The Labute approximate surface area is 110 Å². The van der Waals surface area contributed by atoms with Crippen LogP contribution in [0.25, 0.3) is 10.8 Å². The molecule has 1 aromatic carbocycles. The number of carboxylic acid groups (broad SMARTS) is 1. The van der Waals surface area contributed by atoms with Gasteiger partial charge in [-0.3, -0.25) is 4.79 Å². The number of carbonyl (C=O) groups is 1. The number of nitrogens with zero attached hydrogens (tertiary/aromatic N) is 2. The Kier molecular flexibility index (Phi) is 3.66. The maximum Gasteiger partial charge on any atom is 0.352 e. The summed E-state index contributed by atoms with van der Waals surface area (Å²) in [5.74, 6) is -1.08. The number of carboxylic acids is 1. The van der Waals surface area contributed by atoms with Gasteiger partial charge in [0.1, 0.15) is 5.69 Å². The lowest BCUT2D eigenvalue weighted by atomic mass is 10.1. The van der Waals surface area contributed by atoms with Crippen molar-refractivity contribution in [3.63, 3.8) is 0 Å². The van der Waals surface area contributed by atoms with Crippen molar-refractivity contribution in [2.24, 2.45) is 0 Å². The van der Waals surface area contributed by atoms with Crippen molar-refractivity contribution in [1.82, 2.24) is 9.47 Å². The second kappa shape index (κ2) is 5.24. The third-order valence-electron chi connectivity index (χ3n) is 3.01. The van der Waals surface area contributed by atoms with Crippen LogP contribution in [0.15, 0.2) is 35.1 Å². The van der Waals surface area contributed by atoms with Gasteiger partial charge in [-0.25, -0.2) is 4.79 Å². The quantitative estimate of drug-likeness (QED) is 0.899. The predicted molar refractivity (Wildman–Crippen MR) is 73.7 cm³/mol. The highest BCUT2D eigenvalue weighted by atomic mass is 16.4. The molecular formula is C14H16N2O3. The minimum Gasteiger partial charge on any atom is -0.477 e. The first kappa shape index (κ1) is 13.3. The zero-order valence-electron chi connectivity index (χ0n) is 11.0. The molecule has 0 bridgehead atoms. The fourth-order valence-corrected chi connectivity index (χ4v) is 2.00. The van der Waals surface area contributed by atoms with Gasteiger partial charge < -0.3 is 14.6 Å². The van der Waals surface area contributed by atoms with Crippen LogP contribution in [0.5, 0.6) is 0 Å². The molecule has 1 heterocycles. The summed E-state index contributed by atoms with van der Waals surface area (Å²) in [6, 6.07) is 8.58. The number of hydrogen-bond acceptors (Lipinski definition) is 3. The summed E-state index contributed by atoms with van der Waals surface area (Å²) in [6.07, 6.45) is 0. The van der Waals surface area contributed by atoms with Crippen molar-refractivity contribution in [1.29, 1.82) is 0 Å². The molecule has 19 heavy (non-hydrogen) atoms. The van der Waals surface area contributed by atoms with Gasteiger partial charge in [0.05, 0.1) is 0 Å². The Morgan fingerprint density at radius 1 is 1.32 bits per heavy atom. The van der Waals surface area contributed by atoms with Gasteiger partial charge in [0.15, 0.2) is 0 Å². The van der Waals surface area contributed by atoms with Crippen molar-refractivity contribution in [2.75, 3.05) is 20.6 Å². The van der Waals surface area contributed by atoms with Gasteiger partial charge in [-0.2, -0.15) is 0 Å². The molecule has 5 nitrogen and oxygen atoms in total. The predicted octanol–water partition coefficient (Wildman–Crippen LogP) is 1.26. The van der Waals surface area contributed by atoms with Crippen LogP contribution < -0.4 is 5.56 Å². The van der Waals surface area contributed by atoms with E-state index in [4.69, 9.17) is 0 Å². The average Bonchev–Trinajstić information content (AvgIpc) is 2.37. The zero-order chi connectivity index (χ0) is 14.0. The van der Waals surface area contributed by atoms with Gasteiger partial charge in [0, 0.05) is 18.5 Å². The fraction of sp³-hybridized carbons (Fsp3) is 0.286. The Bertz CT molecular complexity index is 674. The smallest absolute Gasteiger partial charge is 0.352 e. The van der Waals surface area contributed by atoms with Crippen LogP contribution in [0.3, 0.4) is 0 Å². The summed E-state index contributed by atoms with van der Waals surface area (Å²) in [5, 5.41) is 10.4. The number of rotatable bonds is 4. The number of benzene rings is 1. The summed E-state index contributed by atoms with van der Waals surface area (Å²) >= 11 is 0. The summed E-state index contributed by atoms with van der Waals surface area (Å²) in [6.45, 7) is 0.969. The molecule has 0 atom stereocenters. The third-order valence-corrected chi connectivity index (χ3v) is 3.01. The van der Waals surface area contributed by atoms with Crippen molar-refractivity contribution >= 4 is 16.7 Å². The van der Waals surface area contributed by atoms with E-state index < -0.39 is 5.97 Å². The Balaban J connectivity index is 2.64. The number of aromatic nitrogens is 1. The number of likely N-dealkylation sites (N-methyl/N-ethyl adjacent to an activating group) is 1. The van der Waals surface area contributed by atoms with E-state index in [0.717, 1.165) is 0 Å². The summed E-state index contributed by atoms with van der Waals surface area (Å²) in [4.78, 5) is 25.5. The maximum absolute atomic E-state index is 12.3. The second-order valence-corrected chi connectivity index (χ2v) is 4.68. The number of fused-ring (bicyclic) bond motifs is 1. The molecule has 0 fully saturated rings. The van der Waals surface area contributed by atoms with E-state index in [9.17, 15) is 14.7 Å². The fourth-order valence-electron chi connectivity index (χ4n) is 2.00. The maximum atomic E-state index is 12.3. The van der Waals surface area contributed by atoms with Crippen LogP contribution >= 0.6 is 0 Å². The van der Waals surface area contributed by atoms with Gasteiger partial charge in [-0.05, 0) is 31.6 Å². The molecule has 0 aliphatic heterocycles. The van der Waals surface area contributed by atoms with Crippen molar-refractivity contribution in [2.45, 2.75) is 6.54 Å². The van der Waals surface area contributed by atoms with E-state index in [2.05, 4.69) is 0 Å². The molecule has 0 radical (unpaired) electrons. The third kappa shape index (κ3) is 2.66. The Morgan fingerprint density at radius 3 is 2.63 bits per heavy atom. The summed E-state index contributed by atoms with van der Waals surface area (Å²) in [7, 11) is 3.76. The minimum atomic E-state index is -1.08. The van der Waals surface area contributed by atoms with Gasteiger partial charge in [0.25, 0.3) is 5.56 Å². The standard InChI is InChI=1S/C14H16N2O3/c1-15(2)7-8-16-12(14(18)19)9-10-5-3-4-6-11(10)13(16)17/h3-6,9H,7-8H2,1-2H3,(H,18,19). The Hall–Kier alpha value is -2.14. The van der Waals surface area contributed by atoms with E-state index in [-0.39, 0.29) is 11.3 Å². The zero-order valence-corrected chi connectivity index (χ0v) is 11.0. The molecule has 1 aromatic heterocycles. The van der Waals surface area contributed by atoms with Gasteiger partial charge in [-0.1, -0.05) is 18.2 Å². The SMILES string of the molecule is CN(C)CCn1c(C(=O)O)cc2ccccc2c1=O. The molecule has 100 valence electrons. The van der Waals surface area contributed by atoms with Crippen molar-refractivity contribution in [3.8, 4) is 0 Å². The van der Waals surface area contributed by atoms with Crippen LogP contribution in [-0.4, -0.2) is 41.2 Å². The molecule has 0 amide bonds. The first-order chi connectivity index (χ1) is 9.00. The molecule has 0 spiro atoms. The topological polar surface area (TPSA) is 62.5 Å². The van der Waals surface area contributed by atoms with Crippen LogP contribution in [-0.2, 0) is 6.54 Å². The van der Waals surface area contributed by atoms with E-state index >= 15 is 0 Å². The van der Waals surface area contributed by atoms with E-state index in [1.54, 1.807) is 30.3 Å². The lowest BCUT2D eigenvalue weighted by Crippen LogP contribution is -2.30. The van der Waals surface area contributed by atoms with Crippen LogP contribution in [0.1, 0.15) is 10.5 Å². The lowest BCUT2D eigenvalue weighted by molar-refractivity contribution is 0.0683. The molecule has 2 aromatic rings.